The third kappa shape index (κ3) is 3.86. The van der Waals surface area contributed by atoms with Gasteiger partial charge in [0.15, 0.2) is 0 Å². The van der Waals surface area contributed by atoms with E-state index in [0.717, 1.165) is 25.7 Å². The van der Waals surface area contributed by atoms with Crippen molar-refractivity contribution in [2.45, 2.75) is 57.3 Å². The number of fused-ring (bicyclic) bond motifs is 1. The number of carbonyl (C=O) groups is 2. The van der Waals surface area contributed by atoms with Gasteiger partial charge in [0, 0.05) is 24.3 Å². The molecule has 1 saturated carbocycles. The Kier molecular flexibility index (Phi) is 5.14. The number of alkyl halides is 2. The average Bonchev–Trinajstić information content (AvgIpc) is 2.91. The van der Waals surface area contributed by atoms with Gasteiger partial charge in [-0.25, -0.2) is 8.78 Å². The first-order valence-electron chi connectivity index (χ1n) is 8.71. The van der Waals surface area contributed by atoms with Gasteiger partial charge >= 0.3 is 5.97 Å². The number of nitrogens with one attached hydrogen (secondary N) is 1. The first-order chi connectivity index (χ1) is 11.9. The Bertz CT molecular complexity index is 638. The van der Waals surface area contributed by atoms with Gasteiger partial charge in [0.2, 0.25) is 0 Å². The second-order valence-electron chi connectivity index (χ2n) is 7.14. The first kappa shape index (κ1) is 18.3. The van der Waals surface area contributed by atoms with Crippen LogP contribution in [0.15, 0.2) is 6.07 Å². The van der Waals surface area contributed by atoms with E-state index in [4.69, 9.17) is 0 Å². The van der Waals surface area contributed by atoms with Crippen LogP contribution in [-0.2, 0) is 22.4 Å². The molecule has 0 radical (unpaired) electrons. The highest BCUT2D eigenvalue weighted by Crippen LogP contribution is 2.52. The fourth-order valence-corrected chi connectivity index (χ4v) is 4.96. The number of hydrogen-bond donors (Lipinski definition) is 1. The zero-order valence-corrected chi connectivity index (χ0v) is 15.1. The topological polar surface area (TPSA) is 55.4 Å². The minimum atomic E-state index is -2.86. The molecule has 0 unspecified atom stereocenters. The van der Waals surface area contributed by atoms with Gasteiger partial charge in [-0.2, -0.15) is 0 Å². The first-order valence-corrected chi connectivity index (χ1v) is 9.53. The van der Waals surface area contributed by atoms with Crippen molar-refractivity contribution in [3.05, 3.63) is 21.4 Å². The van der Waals surface area contributed by atoms with Crippen LogP contribution in [0.5, 0.6) is 0 Å². The van der Waals surface area contributed by atoms with E-state index < -0.39 is 30.1 Å². The van der Waals surface area contributed by atoms with E-state index in [0.29, 0.717) is 4.88 Å². The molecule has 1 aromatic rings. The Morgan fingerprint density at radius 2 is 1.88 bits per heavy atom. The lowest BCUT2D eigenvalue weighted by Crippen LogP contribution is -2.57. The number of halogens is 2. The molecule has 0 bridgehead atoms. The van der Waals surface area contributed by atoms with Gasteiger partial charge in [0.05, 0.1) is 17.4 Å². The van der Waals surface area contributed by atoms with Crippen LogP contribution in [0, 0.1) is 5.41 Å². The number of thiophene rings is 1. The quantitative estimate of drug-likeness (QED) is 0.821. The van der Waals surface area contributed by atoms with Gasteiger partial charge in [-0.15, -0.1) is 11.3 Å². The maximum absolute atomic E-state index is 13.3. The Labute approximate surface area is 149 Å². The Hall–Kier alpha value is -1.50. The molecule has 25 heavy (non-hydrogen) atoms. The smallest absolute Gasteiger partial charge is 0.314 e. The fourth-order valence-electron chi connectivity index (χ4n) is 3.79. The summed E-state index contributed by atoms with van der Waals surface area (Å²) in [6, 6.07) is 1.92. The summed E-state index contributed by atoms with van der Waals surface area (Å²) in [6.07, 6.45) is 5.52. The van der Waals surface area contributed by atoms with Crippen LogP contribution >= 0.6 is 11.3 Å². The molecule has 1 aromatic heterocycles. The molecule has 0 aliphatic heterocycles. The molecule has 7 heteroatoms. The van der Waals surface area contributed by atoms with Crippen molar-refractivity contribution >= 4 is 23.2 Å². The molecular weight excluding hydrogens is 348 g/mol. The lowest BCUT2D eigenvalue weighted by Gasteiger charge is -2.44. The highest BCUT2D eigenvalue weighted by Gasteiger charge is 2.61. The van der Waals surface area contributed by atoms with Crippen molar-refractivity contribution < 1.29 is 23.1 Å². The van der Waals surface area contributed by atoms with E-state index >= 15 is 0 Å². The van der Waals surface area contributed by atoms with Gasteiger partial charge in [-0.1, -0.05) is 12.8 Å². The van der Waals surface area contributed by atoms with E-state index in [1.165, 1.54) is 41.7 Å². The Morgan fingerprint density at radius 1 is 1.20 bits per heavy atom. The predicted molar refractivity (Wildman–Crippen MR) is 91.2 cm³/mol. The summed E-state index contributed by atoms with van der Waals surface area (Å²) in [7, 11) is 1.18. The highest BCUT2D eigenvalue weighted by molar-refractivity contribution is 7.14. The molecule has 3 rings (SSSR count). The van der Waals surface area contributed by atoms with Crippen LogP contribution in [0.3, 0.4) is 0 Å². The van der Waals surface area contributed by atoms with Crippen molar-refractivity contribution in [1.82, 2.24) is 5.32 Å². The molecule has 1 N–H and O–H groups in total. The van der Waals surface area contributed by atoms with Crippen molar-refractivity contribution in [3.63, 3.8) is 0 Å². The van der Waals surface area contributed by atoms with Gasteiger partial charge < -0.3 is 10.1 Å². The minimum Gasteiger partial charge on any atom is -0.469 e. The maximum atomic E-state index is 13.3. The summed E-state index contributed by atoms with van der Waals surface area (Å²) in [6.45, 7) is -0.114. The van der Waals surface area contributed by atoms with Crippen LogP contribution in [0.2, 0.25) is 0 Å². The van der Waals surface area contributed by atoms with Crippen LogP contribution in [0.25, 0.3) is 0 Å². The Morgan fingerprint density at radius 3 is 2.52 bits per heavy atom. The zero-order valence-electron chi connectivity index (χ0n) is 14.3. The van der Waals surface area contributed by atoms with Crippen molar-refractivity contribution in [1.29, 1.82) is 0 Å². The van der Waals surface area contributed by atoms with Gasteiger partial charge in [0.25, 0.3) is 11.8 Å². The lowest BCUT2D eigenvalue weighted by atomic mass is 9.66. The zero-order chi connectivity index (χ0) is 18.1. The van der Waals surface area contributed by atoms with E-state index in [2.05, 4.69) is 10.1 Å². The summed E-state index contributed by atoms with van der Waals surface area (Å²) in [5.41, 5.74) is -0.0764. The van der Waals surface area contributed by atoms with Crippen LogP contribution in [0.4, 0.5) is 8.78 Å². The largest absolute Gasteiger partial charge is 0.469 e. The van der Waals surface area contributed by atoms with Crippen LogP contribution in [0.1, 0.15) is 58.6 Å². The second kappa shape index (κ2) is 7.02. The average molecular weight is 371 g/mol. The monoisotopic (exact) mass is 371 g/mol. The summed E-state index contributed by atoms with van der Waals surface area (Å²) in [5.74, 6) is -3.84. The molecule has 0 atom stereocenters. The molecule has 2 aliphatic carbocycles. The van der Waals surface area contributed by atoms with Crippen molar-refractivity contribution in [2.24, 2.45) is 5.41 Å². The highest BCUT2D eigenvalue weighted by atomic mass is 32.1. The molecule has 2 aliphatic rings. The van der Waals surface area contributed by atoms with E-state index in [9.17, 15) is 18.4 Å². The van der Waals surface area contributed by atoms with Gasteiger partial charge in [-0.3, -0.25) is 9.59 Å². The molecule has 0 saturated heterocycles. The van der Waals surface area contributed by atoms with Gasteiger partial charge in [-0.05, 0) is 37.3 Å². The molecule has 1 heterocycles. The normalized spacial score (nSPS) is 21.2. The number of methoxy groups -OCH3 is 1. The van der Waals surface area contributed by atoms with Gasteiger partial charge in [0.1, 0.15) is 0 Å². The van der Waals surface area contributed by atoms with E-state index in [1.807, 2.05) is 6.07 Å². The van der Waals surface area contributed by atoms with Crippen molar-refractivity contribution in [2.75, 3.05) is 13.7 Å². The number of ether oxygens (including phenoxy) is 1. The van der Waals surface area contributed by atoms with Crippen molar-refractivity contribution in [3.8, 4) is 0 Å². The summed E-state index contributed by atoms with van der Waals surface area (Å²) >= 11 is 1.48. The molecule has 1 fully saturated rings. The number of hydrogen-bond acceptors (Lipinski definition) is 4. The molecule has 4 nitrogen and oxygen atoms in total. The SMILES string of the molecule is COC(=O)C1(CNC(=O)c2cc3c(s2)CCCCCC3)CC(F)(F)C1. The second-order valence-corrected chi connectivity index (χ2v) is 8.27. The molecule has 138 valence electrons. The third-order valence-electron chi connectivity index (χ3n) is 5.12. The molecular formula is C18H23F2NO3S. The Balaban J connectivity index is 1.66. The minimum absolute atomic E-state index is 0.114. The summed E-state index contributed by atoms with van der Waals surface area (Å²) in [4.78, 5) is 26.2. The number of aryl methyl sites for hydroxylation is 2. The van der Waals surface area contributed by atoms with Crippen LogP contribution < -0.4 is 5.32 Å². The lowest BCUT2D eigenvalue weighted by molar-refractivity contribution is -0.194. The number of carbonyl (C=O) groups excluding carboxylic acids is 2. The number of amides is 1. The standard InChI is InChI=1S/C18H23F2NO3S/c1-24-16(23)17(9-18(19,20)10-17)11-21-15(22)14-8-12-6-4-2-3-5-7-13(12)25-14/h8H,2-7,9-11H2,1H3,(H,21,22). The number of rotatable bonds is 4. The summed E-state index contributed by atoms with van der Waals surface area (Å²) in [5, 5.41) is 2.67. The maximum Gasteiger partial charge on any atom is 0.314 e. The van der Waals surface area contributed by atoms with Crippen LogP contribution in [-0.4, -0.2) is 31.5 Å². The third-order valence-corrected chi connectivity index (χ3v) is 6.36. The van der Waals surface area contributed by atoms with E-state index in [-0.39, 0.29) is 12.5 Å². The predicted octanol–water partition coefficient (Wildman–Crippen LogP) is 3.73. The summed E-state index contributed by atoms with van der Waals surface area (Å²) < 4.78 is 31.2. The molecule has 0 aromatic carbocycles. The van der Waals surface area contributed by atoms with E-state index in [1.54, 1.807) is 0 Å². The molecule has 0 spiro atoms. The fraction of sp³-hybridized carbons (Fsp3) is 0.667. The molecule has 1 amide bonds. The number of esters is 1.